The number of carbonyl (C=O) groups excluding carboxylic acids is 2. The van der Waals surface area contributed by atoms with E-state index in [-0.39, 0.29) is 34.7 Å². The van der Waals surface area contributed by atoms with Crippen molar-refractivity contribution in [1.29, 1.82) is 0 Å². The molecule has 0 spiro atoms. The fraction of sp³-hybridized carbons (Fsp3) is 0.103. The predicted octanol–water partition coefficient (Wildman–Crippen LogP) is 7.94. The number of rotatable bonds is 6. The maximum atomic E-state index is 13.7. The smallest absolute Gasteiger partial charge is 0.407 e. The first-order chi connectivity index (χ1) is 17.9. The number of amides is 1. The third-order valence-electron chi connectivity index (χ3n) is 6.45. The minimum absolute atomic E-state index is 0.00911. The quantitative estimate of drug-likeness (QED) is 0.189. The van der Waals surface area contributed by atoms with Gasteiger partial charge in [0.25, 0.3) is 0 Å². The maximum absolute atomic E-state index is 13.7. The molecule has 0 bridgehead atoms. The van der Waals surface area contributed by atoms with Crippen molar-refractivity contribution < 1.29 is 18.7 Å². The first-order valence-corrected chi connectivity index (χ1v) is 12.6. The van der Waals surface area contributed by atoms with E-state index in [1.54, 1.807) is 6.07 Å². The number of benzene rings is 4. The summed E-state index contributed by atoms with van der Waals surface area (Å²) in [6.45, 7) is 0.173. The standard InChI is InChI=1S/C29H20Cl2FNO3S/c30-25-12-16(26(27(31)28(25)37)19-10-9-18(32)11-17(19)14-34)13-33-29(35)36-15-24-22-7-3-1-5-20(22)21-6-2-4-8-23(21)24/h1-12,14,24,37H,13,15H2,(H,33,35). The third-order valence-corrected chi connectivity index (χ3v) is 7.86. The van der Waals surface area contributed by atoms with E-state index in [1.165, 1.54) is 12.1 Å². The van der Waals surface area contributed by atoms with Gasteiger partial charge in [-0.05, 0) is 51.6 Å². The summed E-state index contributed by atoms with van der Waals surface area (Å²) in [4.78, 5) is 24.7. The first-order valence-electron chi connectivity index (χ1n) is 11.4. The van der Waals surface area contributed by atoms with Crippen LogP contribution in [0.2, 0.25) is 10.0 Å². The average molecular weight is 552 g/mol. The molecule has 0 radical (unpaired) electrons. The molecule has 4 aromatic rings. The van der Waals surface area contributed by atoms with Crippen molar-refractivity contribution in [1.82, 2.24) is 5.32 Å². The molecule has 4 nitrogen and oxygen atoms in total. The predicted molar refractivity (Wildman–Crippen MR) is 146 cm³/mol. The summed E-state index contributed by atoms with van der Waals surface area (Å²) < 4.78 is 19.4. The summed E-state index contributed by atoms with van der Waals surface area (Å²) in [5.41, 5.74) is 5.96. The summed E-state index contributed by atoms with van der Waals surface area (Å²) in [6.07, 6.45) is -0.0747. The fourth-order valence-electron chi connectivity index (χ4n) is 4.76. The number of thiol groups is 1. The lowest BCUT2D eigenvalue weighted by Gasteiger charge is -2.18. The Hall–Kier alpha value is -3.32. The fourth-order valence-corrected chi connectivity index (χ4v) is 5.54. The molecule has 0 heterocycles. The van der Waals surface area contributed by atoms with Crippen LogP contribution in [0.5, 0.6) is 0 Å². The molecular formula is C29H20Cl2FNO3S. The Labute approximate surface area is 228 Å². The van der Waals surface area contributed by atoms with E-state index in [1.807, 2.05) is 36.4 Å². The van der Waals surface area contributed by atoms with E-state index in [0.29, 0.717) is 27.9 Å². The van der Waals surface area contributed by atoms with E-state index in [9.17, 15) is 14.0 Å². The molecule has 0 atom stereocenters. The van der Waals surface area contributed by atoms with Crippen molar-refractivity contribution in [3.63, 3.8) is 0 Å². The molecule has 0 saturated carbocycles. The minimum atomic E-state index is -0.621. The van der Waals surface area contributed by atoms with Gasteiger partial charge >= 0.3 is 6.09 Å². The highest BCUT2D eigenvalue weighted by molar-refractivity contribution is 7.80. The number of halogens is 3. The van der Waals surface area contributed by atoms with E-state index < -0.39 is 11.9 Å². The van der Waals surface area contributed by atoms with Crippen molar-refractivity contribution in [2.45, 2.75) is 17.4 Å². The number of hydrogen-bond donors (Lipinski definition) is 2. The molecule has 0 fully saturated rings. The van der Waals surface area contributed by atoms with Crippen LogP contribution in [0, 0.1) is 5.82 Å². The topological polar surface area (TPSA) is 55.4 Å². The Bertz CT molecular complexity index is 1500. The van der Waals surface area contributed by atoms with E-state index in [2.05, 4.69) is 30.1 Å². The van der Waals surface area contributed by atoms with Crippen molar-refractivity contribution >= 4 is 48.2 Å². The van der Waals surface area contributed by atoms with Gasteiger partial charge in [-0.15, -0.1) is 12.6 Å². The second-order valence-corrected chi connectivity index (χ2v) is 9.82. The van der Waals surface area contributed by atoms with Crippen LogP contribution in [0.3, 0.4) is 0 Å². The largest absolute Gasteiger partial charge is 0.449 e. The van der Waals surface area contributed by atoms with Gasteiger partial charge in [-0.1, -0.05) is 77.8 Å². The van der Waals surface area contributed by atoms with Gasteiger partial charge in [0.05, 0.1) is 10.0 Å². The Balaban J connectivity index is 1.36. The van der Waals surface area contributed by atoms with Crippen LogP contribution < -0.4 is 5.32 Å². The summed E-state index contributed by atoms with van der Waals surface area (Å²) in [5, 5.41) is 3.20. The monoisotopic (exact) mass is 551 g/mol. The molecule has 8 heteroatoms. The second kappa shape index (κ2) is 10.6. The number of aldehydes is 1. The van der Waals surface area contributed by atoms with Gasteiger partial charge in [0.1, 0.15) is 12.4 Å². The molecule has 4 aromatic carbocycles. The van der Waals surface area contributed by atoms with Gasteiger partial charge < -0.3 is 10.1 Å². The van der Waals surface area contributed by atoms with E-state index in [4.69, 9.17) is 27.9 Å². The van der Waals surface area contributed by atoms with Crippen LogP contribution in [-0.4, -0.2) is 19.0 Å². The first kappa shape index (κ1) is 25.3. The lowest BCUT2D eigenvalue weighted by atomic mass is 9.95. The molecule has 1 amide bonds. The molecule has 0 saturated heterocycles. The van der Waals surface area contributed by atoms with Crippen LogP contribution in [0.25, 0.3) is 22.3 Å². The summed E-state index contributed by atoms with van der Waals surface area (Å²) in [5.74, 6) is -0.629. The van der Waals surface area contributed by atoms with Gasteiger partial charge in [-0.3, -0.25) is 4.79 Å². The molecule has 5 rings (SSSR count). The van der Waals surface area contributed by atoms with Crippen molar-refractivity contribution in [3.8, 4) is 22.3 Å². The summed E-state index contributed by atoms with van der Waals surface area (Å²) in [6, 6.07) is 21.6. The molecule has 0 unspecified atom stereocenters. The van der Waals surface area contributed by atoms with Crippen molar-refractivity contribution in [3.05, 3.63) is 111 Å². The van der Waals surface area contributed by atoms with Gasteiger partial charge in [0.15, 0.2) is 6.29 Å². The third kappa shape index (κ3) is 4.85. The maximum Gasteiger partial charge on any atom is 0.407 e. The molecule has 37 heavy (non-hydrogen) atoms. The van der Waals surface area contributed by atoms with Gasteiger partial charge in [0.2, 0.25) is 0 Å². The minimum Gasteiger partial charge on any atom is -0.449 e. The molecule has 0 aromatic heterocycles. The van der Waals surface area contributed by atoms with Crippen LogP contribution >= 0.6 is 35.8 Å². The highest BCUT2D eigenvalue weighted by atomic mass is 35.5. The van der Waals surface area contributed by atoms with Crippen LogP contribution in [0.4, 0.5) is 9.18 Å². The van der Waals surface area contributed by atoms with Gasteiger partial charge in [-0.25, -0.2) is 9.18 Å². The molecule has 1 N–H and O–H groups in total. The second-order valence-electron chi connectivity index (χ2n) is 8.58. The van der Waals surface area contributed by atoms with Gasteiger partial charge in [0, 0.05) is 28.5 Å². The molecule has 1 aliphatic carbocycles. The zero-order valence-electron chi connectivity index (χ0n) is 19.3. The highest BCUT2D eigenvalue weighted by Gasteiger charge is 2.29. The van der Waals surface area contributed by atoms with Crippen LogP contribution in [0.1, 0.15) is 33.0 Å². The lowest BCUT2D eigenvalue weighted by Crippen LogP contribution is -2.26. The van der Waals surface area contributed by atoms with Gasteiger partial charge in [-0.2, -0.15) is 0 Å². The molecular weight excluding hydrogens is 532 g/mol. The van der Waals surface area contributed by atoms with E-state index >= 15 is 0 Å². The number of carbonyl (C=O) groups is 2. The normalized spacial score (nSPS) is 12.1. The van der Waals surface area contributed by atoms with E-state index in [0.717, 1.165) is 28.3 Å². The number of fused-ring (bicyclic) bond motifs is 3. The van der Waals surface area contributed by atoms with Crippen LogP contribution in [0.15, 0.2) is 77.7 Å². The zero-order chi connectivity index (χ0) is 26.1. The Morgan fingerprint density at radius 2 is 1.62 bits per heavy atom. The van der Waals surface area contributed by atoms with Crippen molar-refractivity contribution in [2.24, 2.45) is 0 Å². The lowest BCUT2D eigenvalue weighted by molar-refractivity contribution is 0.112. The average Bonchev–Trinajstić information content (AvgIpc) is 3.23. The van der Waals surface area contributed by atoms with Crippen molar-refractivity contribution in [2.75, 3.05) is 6.61 Å². The Morgan fingerprint density at radius 3 is 2.27 bits per heavy atom. The Kier molecular flexibility index (Phi) is 7.24. The molecule has 1 aliphatic rings. The Morgan fingerprint density at radius 1 is 0.973 bits per heavy atom. The summed E-state index contributed by atoms with van der Waals surface area (Å²) in [7, 11) is 0. The summed E-state index contributed by atoms with van der Waals surface area (Å²) >= 11 is 17.2. The number of ether oxygens (including phenoxy) is 1. The number of hydrogen-bond acceptors (Lipinski definition) is 4. The number of alkyl carbamates (subject to hydrolysis) is 1. The SMILES string of the molecule is O=Cc1cc(F)ccc1-c1c(CNC(=O)OCC2c3ccccc3-c3ccccc32)cc(Cl)c(S)c1Cl. The zero-order valence-corrected chi connectivity index (χ0v) is 21.7. The highest BCUT2D eigenvalue weighted by Crippen LogP contribution is 2.45. The molecule has 0 aliphatic heterocycles. The number of nitrogens with one attached hydrogen (secondary N) is 1. The van der Waals surface area contributed by atoms with Crippen LogP contribution in [-0.2, 0) is 11.3 Å². The molecule has 186 valence electrons.